The van der Waals surface area contributed by atoms with E-state index in [1.165, 1.54) is 18.9 Å². The maximum absolute atomic E-state index is 12.3. The van der Waals surface area contributed by atoms with E-state index in [2.05, 4.69) is 16.5 Å². The molecule has 0 spiro atoms. The van der Waals surface area contributed by atoms with Gasteiger partial charge in [-0.05, 0) is 24.6 Å². The highest BCUT2D eigenvalue weighted by Gasteiger charge is 2.25. The monoisotopic (exact) mass is 326 g/mol. The SMILES string of the molecule is CCn1c(SC(C(=O)OC)c2ccccc2)nc2ccccc21. The first kappa shape index (κ1) is 15.6. The maximum atomic E-state index is 12.3. The molecule has 118 valence electrons. The molecule has 0 aliphatic heterocycles. The Bertz CT molecular complexity index is 814. The summed E-state index contributed by atoms with van der Waals surface area (Å²) in [7, 11) is 1.42. The molecule has 1 atom stereocenters. The number of carbonyl (C=O) groups is 1. The molecule has 4 nitrogen and oxygen atoms in total. The summed E-state index contributed by atoms with van der Waals surface area (Å²) in [6.07, 6.45) is 0. The molecule has 0 N–H and O–H groups in total. The Kier molecular flexibility index (Phi) is 4.67. The van der Waals surface area contributed by atoms with Crippen LogP contribution in [0, 0.1) is 0 Å². The number of thioether (sulfide) groups is 1. The zero-order chi connectivity index (χ0) is 16.2. The highest BCUT2D eigenvalue weighted by molar-refractivity contribution is 8.00. The van der Waals surface area contributed by atoms with Crippen molar-refractivity contribution in [3.8, 4) is 0 Å². The van der Waals surface area contributed by atoms with E-state index in [1.54, 1.807) is 0 Å². The fraction of sp³-hybridized carbons (Fsp3) is 0.222. The van der Waals surface area contributed by atoms with Gasteiger partial charge in [-0.15, -0.1) is 0 Å². The summed E-state index contributed by atoms with van der Waals surface area (Å²) in [5.74, 6) is -0.268. The predicted octanol–water partition coefficient (Wildman–Crippen LogP) is 4.06. The molecule has 0 amide bonds. The summed E-state index contributed by atoms with van der Waals surface area (Å²) in [5, 5.41) is 0.399. The molecule has 3 rings (SSSR count). The fourth-order valence-corrected chi connectivity index (χ4v) is 3.74. The summed E-state index contributed by atoms with van der Waals surface area (Å²) in [4.78, 5) is 16.9. The molecule has 0 bridgehead atoms. The molecule has 1 aromatic heterocycles. The number of hydrogen-bond acceptors (Lipinski definition) is 4. The van der Waals surface area contributed by atoms with E-state index in [4.69, 9.17) is 4.74 Å². The van der Waals surface area contributed by atoms with Gasteiger partial charge < -0.3 is 9.30 Å². The summed E-state index contributed by atoms with van der Waals surface area (Å²) in [6.45, 7) is 2.87. The third-order valence-corrected chi connectivity index (χ3v) is 4.90. The molecular formula is C18H18N2O2S. The van der Waals surface area contributed by atoms with Gasteiger partial charge in [0.1, 0.15) is 5.25 Å². The Labute approximate surface area is 139 Å². The lowest BCUT2D eigenvalue weighted by Gasteiger charge is -2.15. The Morgan fingerprint density at radius 1 is 1.17 bits per heavy atom. The largest absolute Gasteiger partial charge is 0.468 e. The number of esters is 1. The standard InChI is InChI=1S/C18H18N2O2S/c1-3-20-15-12-8-7-11-14(15)19-18(20)23-16(17(21)22-2)13-9-5-4-6-10-13/h4-12,16H,3H2,1-2H3. The molecule has 3 aromatic rings. The minimum absolute atomic E-state index is 0.268. The Balaban J connectivity index is 2.02. The Morgan fingerprint density at radius 2 is 1.87 bits per heavy atom. The normalized spacial score (nSPS) is 12.3. The van der Waals surface area contributed by atoms with E-state index in [0.29, 0.717) is 0 Å². The van der Waals surface area contributed by atoms with E-state index in [9.17, 15) is 4.79 Å². The minimum Gasteiger partial charge on any atom is -0.468 e. The van der Waals surface area contributed by atoms with Crippen molar-refractivity contribution in [3.05, 3.63) is 60.2 Å². The number of hydrogen-bond donors (Lipinski definition) is 0. The molecule has 0 fully saturated rings. The van der Waals surface area contributed by atoms with Gasteiger partial charge in [0, 0.05) is 6.54 Å². The van der Waals surface area contributed by atoms with E-state index >= 15 is 0 Å². The lowest BCUT2D eigenvalue weighted by atomic mass is 10.1. The number of para-hydroxylation sites is 2. The van der Waals surface area contributed by atoms with Crippen molar-refractivity contribution < 1.29 is 9.53 Å². The molecule has 23 heavy (non-hydrogen) atoms. The number of methoxy groups -OCH3 is 1. The van der Waals surface area contributed by atoms with E-state index < -0.39 is 5.25 Å². The van der Waals surface area contributed by atoms with Crippen LogP contribution in [0.5, 0.6) is 0 Å². The second-order valence-corrected chi connectivity index (χ2v) is 6.13. The van der Waals surface area contributed by atoms with E-state index in [-0.39, 0.29) is 5.97 Å². The van der Waals surface area contributed by atoms with Crippen molar-refractivity contribution in [2.24, 2.45) is 0 Å². The lowest BCUT2D eigenvalue weighted by molar-refractivity contribution is -0.140. The highest BCUT2D eigenvalue weighted by atomic mass is 32.2. The number of nitrogens with zero attached hydrogens (tertiary/aromatic N) is 2. The van der Waals surface area contributed by atoms with Crippen LogP contribution in [-0.4, -0.2) is 22.6 Å². The van der Waals surface area contributed by atoms with Gasteiger partial charge in [0.25, 0.3) is 0 Å². The Morgan fingerprint density at radius 3 is 2.57 bits per heavy atom. The smallest absolute Gasteiger partial charge is 0.323 e. The zero-order valence-electron chi connectivity index (χ0n) is 13.1. The van der Waals surface area contributed by atoms with Crippen LogP contribution >= 0.6 is 11.8 Å². The van der Waals surface area contributed by atoms with Gasteiger partial charge in [-0.1, -0.05) is 54.2 Å². The minimum atomic E-state index is -0.427. The van der Waals surface area contributed by atoms with Crippen molar-refractivity contribution in [2.45, 2.75) is 23.9 Å². The second kappa shape index (κ2) is 6.87. The van der Waals surface area contributed by atoms with Crippen LogP contribution in [0.2, 0.25) is 0 Å². The summed E-state index contributed by atoms with van der Waals surface area (Å²) < 4.78 is 7.11. The predicted molar refractivity (Wildman–Crippen MR) is 92.5 cm³/mol. The van der Waals surface area contributed by atoms with Crippen molar-refractivity contribution in [1.29, 1.82) is 0 Å². The molecule has 1 unspecified atom stereocenters. The van der Waals surface area contributed by atoms with E-state index in [0.717, 1.165) is 28.3 Å². The van der Waals surface area contributed by atoms with Crippen LogP contribution in [-0.2, 0) is 16.1 Å². The van der Waals surface area contributed by atoms with Gasteiger partial charge in [0.05, 0.1) is 18.1 Å². The van der Waals surface area contributed by atoms with Gasteiger partial charge in [-0.25, -0.2) is 4.98 Å². The first-order valence-electron chi connectivity index (χ1n) is 7.49. The first-order valence-corrected chi connectivity index (χ1v) is 8.37. The zero-order valence-corrected chi connectivity index (χ0v) is 13.9. The van der Waals surface area contributed by atoms with E-state index in [1.807, 2.05) is 54.6 Å². The highest BCUT2D eigenvalue weighted by Crippen LogP contribution is 2.37. The first-order chi connectivity index (χ1) is 11.2. The summed E-state index contributed by atoms with van der Waals surface area (Å²) in [6, 6.07) is 17.7. The maximum Gasteiger partial charge on any atom is 0.323 e. The Hall–Kier alpha value is -2.27. The van der Waals surface area contributed by atoms with Crippen molar-refractivity contribution in [1.82, 2.24) is 9.55 Å². The molecule has 1 heterocycles. The van der Waals surface area contributed by atoms with Gasteiger partial charge in [0.15, 0.2) is 5.16 Å². The average Bonchev–Trinajstić information content (AvgIpc) is 2.97. The van der Waals surface area contributed by atoms with Crippen molar-refractivity contribution >= 4 is 28.8 Å². The molecular weight excluding hydrogens is 308 g/mol. The van der Waals surface area contributed by atoms with Crippen LogP contribution in [0.4, 0.5) is 0 Å². The van der Waals surface area contributed by atoms with Gasteiger partial charge in [0.2, 0.25) is 0 Å². The number of imidazole rings is 1. The number of ether oxygens (including phenoxy) is 1. The molecule has 0 saturated carbocycles. The molecule has 0 aliphatic carbocycles. The van der Waals surface area contributed by atoms with Crippen LogP contribution in [0.3, 0.4) is 0 Å². The molecule has 0 radical (unpaired) electrons. The molecule has 5 heteroatoms. The van der Waals surface area contributed by atoms with Gasteiger partial charge in [-0.3, -0.25) is 4.79 Å². The molecule has 2 aromatic carbocycles. The third kappa shape index (κ3) is 3.10. The van der Waals surface area contributed by atoms with Crippen molar-refractivity contribution in [2.75, 3.05) is 7.11 Å². The van der Waals surface area contributed by atoms with Crippen LogP contribution in [0.25, 0.3) is 11.0 Å². The number of rotatable bonds is 5. The summed E-state index contributed by atoms with van der Waals surface area (Å²) in [5.41, 5.74) is 2.93. The number of benzene rings is 2. The number of fused-ring (bicyclic) bond motifs is 1. The fourth-order valence-electron chi connectivity index (χ4n) is 2.54. The average molecular weight is 326 g/mol. The summed E-state index contributed by atoms with van der Waals surface area (Å²) >= 11 is 1.43. The second-order valence-electron chi connectivity index (χ2n) is 5.06. The van der Waals surface area contributed by atoms with Gasteiger partial charge >= 0.3 is 5.97 Å². The van der Waals surface area contributed by atoms with Crippen LogP contribution in [0.15, 0.2) is 59.8 Å². The molecule has 0 aliphatic rings. The molecule has 0 saturated heterocycles. The third-order valence-electron chi connectivity index (χ3n) is 3.68. The van der Waals surface area contributed by atoms with Crippen LogP contribution in [0.1, 0.15) is 17.7 Å². The quantitative estimate of drug-likeness (QED) is 0.524. The van der Waals surface area contributed by atoms with Gasteiger partial charge in [-0.2, -0.15) is 0 Å². The number of aromatic nitrogens is 2. The van der Waals surface area contributed by atoms with Crippen molar-refractivity contribution in [3.63, 3.8) is 0 Å². The topological polar surface area (TPSA) is 44.1 Å². The lowest BCUT2D eigenvalue weighted by Crippen LogP contribution is -2.12. The van der Waals surface area contributed by atoms with Crippen LogP contribution < -0.4 is 0 Å². The number of carbonyl (C=O) groups excluding carboxylic acids is 1. The number of aryl methyl sites for hydroxylation is 1.